The van der Waals surface area contributed by atoms with Crippen LogP contribution >= 0.6 is 0 Å². The molecule has 8 nitrogen and oxygen atoms in total. The van der Waals surface area contributed by atoms with Gasteiger partial charge >= 0.3 is 6.09 Å². The smallest absolute Gasteiger partial charge is 0.407 e. The largest absolute Gasteiger partial charge is 0.493 e. The van der Waals surface area contributed by atoms with Crippen LogP contribution in [-0.2, 0) is 11.3 Å². The van der Waals surface area contributed by atoms with E-state index in [0.29, 0.717) is 24.6 Å². The summed E-state index contributed by atoms with van der Waals surface area (Å²) in [4.78, 5) is 19.0. The Labute approximate surface area is 173 Å². The Bertz CT molecular complexity index is 715. The van der Waals surface area contributed by atoms with Gasteiger partial charge in [-0.25, -0.2) is 9.79 Å². The molecule has 1 aromatic carbocycles. The number of carbonyl (C=O) groups is 1. The number of amides is 1. The number of aliphatic imine (C=N–C) groups is 1. The molecular weight excluding hydrogens is 372 g/mol. The molecule has 1 atom stereocenters. The summed E-state index contributed by atoms with van der Waals surface area (Å²) in [7, 11) is 3.25. The molecule has 1 aliphatic heterocycles. The second-order valence-corrected chi connectivity index (χ2v) is 7.90. The maximum absolute atomic E-state index is 12.0. The van der Waals surface area contributed by atoms with E-state index in [-0.39, 0.29) is 12.1 Å². The first kappa shape index (κ1) is 22.6. The van der Waals surface area contributed by atoms with Crippen molar-refractivity contribution in [3.63, 3.8) is 0 Å². The number of nitrogens with zero attached hydrogens (tertiary/aromatic N) is 2. The lowest BCUT2D eigenvalue weighted by atomic mass is 10.2. The highest BCUT2D eigenvalue weighted by Gasteiger charge is 2.28. The van der Waals surface area contributed by atoms with Gasteiger partial charge in [0.25, 0.3) is 0 Å². The number of hydrogen-bond acceptors (Lipinski definition) is 5. The summed E-state index contributed by atoms with van der Waals surface area (Å²) in [5, 5.41) is 6.28. The maximum Gasteiger partial charge on any atom is 0.407 e. The van der Waals surface area contributed by atoms with Gasteiger partial charge in [-0.1, -0.05) is 12.1 Å². The van der Waals surface area contributed by atoms with E-state index in [0.717, 1.165) is 31.0 Å². The fourth-order valence-corrected chi connectivity index (χ4v) is 3.21. The highest BCUT2D eigenvalue weighted by Crippen LogP contribution is 2.31. The molecule has 1 fully saturated rings. The Morgan fingerprint density at radius 3 is 2.66 bits per heavy atom. The molecule has 0 aliphatic carbocycles. The molecule has 0 bridgehead atoms. The van der Waals surface area contributed by atoms with Gasteiger partial charge < -0.3 is 29.7 Å². The Balaban J connectivity index is 2.04. The summed E-state index contributed by atoms with van der Waals surface area (Å²) in [6.07, 6.45) is 0.457. The predicted molar refractivity (Wildman–Crippen MR) is 114 cm³/mol. The van der Waals surface area contributed by atoms with Gasteiger partial charge in [-0.2, -0.15) is 0 Å². The van der Waals surface area contributed by atoms with Crippen LogP contribution < -0.4 is 20.1 Å². The molecule has 1 heterocycles. The molecular formula is C21H34N4O4. The van der Waals surface area contributed by atoms with Crippen LogP contribution in [0.3, 0.4) is 0 Å². The molecule has 0 saturated carbocycles. The van der Waals surface area contributed by atoms with E-state index in [2.05, 4.69) is 15.5 Å². The zero-order valence-electron chi connectivity index (χ0n) is 18.4. The minimum Gasteiger partial charge on any atom is -0.493 e. The van der Waals surface area contributed by atoms with Crippen molar-refractivity contribution >= 4 is 12.1 Å². The van der Waals surface area contributed by atoms with Crippen molar-refractivity contribution in [3.05, 3.63) is 23.8 Å². The monoisotopic (exact) mass is 406 g/mol. The number of para-hydroxylation sites is 1. The molecule has 1 aromatic rings. The average Bonchev–Trinajstić information content (AvgIpc) is 3.11. The van der Waals surface area contributed by atoms with Crippen molar-refractivity contribution in [1.29, 1.82) is 0 Å². The van der Waals surface area contributed by atoms with Crippen molar-refractivity contribution in [3.8, 4) is 11.5 Å². The lowest BCUT2D eigenvalue weighted by Gasteiger charge is -2.23. The number of guanidine groups is 1. The maximum atomic E-state index is 12.0. The quantitative estimate of drug-likeness (QED) is 0.558. The molecule has 8 heteroatoms. The predicted octanol–water partition coefficient (Wildman–Crippen LogP) is 2.77. The standard InChI is InChI=1S/C21H34N4O4/c1-7-22-19(23-13-15-9-8-10-17(27-5)18(15)28-6)25-12-11-16(14-25)24-20(26)29-21(2,3)4/h8-10,16H,7,11-14H2,1-6H3,(H,22,23)(H,24,26). The van der Waals surface area contributed by atoms with Gasteiger partial charge in [-0.15, -0.1) is 0 Å². The minimum atomic E-state index is -0.505. The van der Waals surface area contributed by atoms with E-state index < -0.39 is 5.60 Å². The summed E-state index contributed by atoms with van der Waals surface area (Å²) < 4.78 is 16.2. The molecule has 2 rings (SSSR count). The average molecular weight is 407 g/mol. The first-order valence-corrected chi connectivity index (χ1v) is 10.00. The second-order valence-electron chi connectivity index (χ2n) is 7.90. The third kappa shape index (κ3) is 6.73. The number of benzene rings is 1. The van der Waals surface area contributed by atoms with E-state index in [1.54, 1.807) is 14.2 Å². The summed E-state index contributed by atoms with van der Waals surface area (Å²) in [6.45, 7) is 10.3. The number of hydrogen-bond donors (Lipinski definition) is 2. The van der Waals surface area contributed by atoms with E-state index >= 15 is 0 Å². The molecule has 1 amide bonds. The normalized spacial score (nSPS) is 17.1. The van der Waals surface area contributed by atoms with Crippen molar-refractivity contribution in [1.82, 2.24) is 15.5 Å². The van der Waals surface area contributed by atoms with Crippen LogP contribution in [-0.4, -0.2) is 62.4 Å². The molecule has 0 aromatic heterocycles. The topological polar surface area (TPSA) is 84.4 Å². The number of rotatable bonds is 6. The Kier molecular flexibility index (Phi) is 7.99. The molecule has 1 unspecified atom stereocenters. The Morgan fingerprint density at radius 1 is 1.28 bits per heavy atom. The fourth-order valence-electron chi connectivity index (χ4n) is 3.21. The van der Waals surface area contributed by atoms with Gasteiger partial charge in [0.15, 0.2) is 17.5 Å². The van der Waals surface area contributed by atoms with Crippen molar-refractivity contribution in [2.24, 2.45) is 4.99 Å². The van der Waals surface area contributed by atoms with Crippen LogP contribution in [0.4, 0.5) is 4.79 Å². The first-order chi connectivity index (χ1) is 13.8. The van der Waals surface area contributed by atoms with Gasteiger partial charge in [-0.05, 0) is 40.2 Å². The zero-order chi connectivity index (χ0) is 21.4. The van der Waals surface area contributed by atoms with E-state index in [4.69, 9.17) is 19.2 Å². The Morgan fingerprint density at radius 2 is 2.03 bits per heavy atom. The molecule has 1 aliphatic rings. The van der Waals surface area contributed by atoms with Gasteiger partial charge in [0.2, 0.25) is 0 Å². The molecule has 29 heavy (non-hydrogen) atoms. The van der Waals surface area contributed by atoms with Crippen LogP contribution in [0, 0.1) is 0 Å². The van der Waals surface area contributed by atoms with Gasteiger partial charge in [-0.3, -0.25) is 0 Å². The summed E-state index contributed by atoms with van der Waals surface area (Å²) in [5.74, 6) is 2.19. The van der Waals surface area contributed by atoms with Crippen molar-refractivity contribution in [2.75, 3.05) is 33.9 Å². The number of likely N-dealkylation sites (tertiary alicyclic amines) is 1. The van der Waals surface area contributed by atoms with Crippen molar-refractivity contribution < 1.29 is 19.0 Å². The molecule has 0 spiro atoms. The lowest BCUT2D eigenvalue weighted by Crippen LogP contribution is -2.44. The number of alkyl carbamates (subject to hydrolysis) is 1. The van der Waals surface area contributed by atoms with E-state index in [9.17, 15) is 4.79 Å². The van der Waals surface area contributed by atoms with Crippen molar-refractivity contribution in [2.45, 2.75) is 52.3 Å². The van der Waals surface area contributed by atoms with Crippen LogP contribution in [0.25, 0.3) is 0 Å². The van der Waals surface area contributed by atoms with E-state index in [1.807, 2.05) is 45.9 Å². The summed E-state index contributed by atoms with van der Waals surface area (Å²) >= 11 is 0. The third-order valence-corrected chi connectivity index (χ3v) is 4.43. The SMILES string of the molecule is CCNC(=NCc1cccc(OC)c1OC)N1CCC(NC(=O)OC(C)(C)C)C1. The van der Waals surface area contributed by atoms with Gasteiger partial charge in [0, 0.05) is 25.2 Å². The van der Waals surface area contributed by atoms with E-state index in [1.165, 1.54) is 0 Å². The van der Waals surface area contributed by atoms with Gasteiger partial charge in [0.05, 0.1) is 26.8 Å². The Hall–Kier alpha value is -2.64. The third-order valence-electron chi connectivity index (χ3n) is 4.43. The van der Waals surface area contributed by atoms with Crippen LogP contribution in [0.5, 0.6) is 11.5 Å². The fraction of sp³-hybridized carbons (Fsp3) is 0.619. The zero-order valence-corrected chi connectivity index (χ0v) is 18.4. The highest BCUT2D eigenvalue weighted by molar-refractivity contribution is 5.80. The van der Waals surface area contributed by atoms with Gasteiger partial charge in [0.1, 0.15) is 5.60 Å². The second kappa shape index (κ2) is 10.2. The molecule has 1 saturated heterocycles. The molecule has 2 N–H and O–H groups in total. The minimum absolute atomic E-state index is 0.0278. The highest BCUT2D eigenvalue weighted by atomic mass is 16.6. The number of carbonyl (C=O) groups excluding carboxylic acids is 1. The summed E-state index contributed by atoms with van der Waals surface area (Å²) in [6, 6.07) is 5.80. The molecule has 0 radical (unpaired) electrons. The lowest BCUT2D eigenvalue weighted by molar-refractivity contribution is 0.0507. The first-order valence-electron chi connectivity index (χ1n) is 10.00. The van der Waals surface area contributed by atoms with Crippen LogP contribution in [0.15, 0.2) is 23.2 Å². The number of ether oxygens (including phenoxy) is 3. The molecule has 162 valence electrons. The van der Waals surface area contributed by atoms with Crippen LogP contribution in [0.2, 0.25) is 0 Å². The number of methoxy groups -OCH3 is 2. The number of nitrogens with one attached hydrogen (secondary N) is 2. The van der Waals surface area contributed by atoms with Crippen LogP contribution in [0.1, 0.15) is 39.7 Å². The summed E-state index contributed by atoms with van der Waals surface area (Å²) in [5.41, 5.74) is 0.444.